The number of hydrogen-bond donors (Lipinski definition) is 1. The van der Waals surface area contributed by atoms with Crippen LogP contribution in [0.15, 0.2) is 12.1 Å². The fourth-order valence-electron chi connectivity index (χ4n) is 4.61. The smallest absolute Gasteiger partial charge is 0.270 e. The van der Waals surface area contributed by atoms with Crippen molar-refractivity contribution in [1.82, 2.24) is 15.1 Å². The summed E-state index contributed by atoms with van der Waals surface area (Å²) in [6.45, 7) is 7.14. The van der Waals surface area contributed by atoms with Crippen LogP contribution >= 0.6 is 11.6 Å². The van der Waals surface area contributed by atoms with Crippen LogP contribution in [0.5, 0.6) is 0 Å². The van der Waals surface area contributed by atoms with Crippen molar-refractivity contribution >= 4 is 29.0 Å². The molecule has 4 rings (SSSR count). The summed E-state index contributed by atoms with van der Waals surface area (Å²) in [5, 5.41) is 8.77. The zero-order valence-electron chi connectivity index (χ0n) is 17.9. The maximum atomic E-state index is 13.2. The van der Waals surface area contributed by atoms with Crippen LogP contribution in [-0.2, 0) is 13.5 Å². The van der Waals surface area contributed by atoms with E-state index < -0.39 is 0 Å². The number of carbonyl (C=O) groups excluding carboxylic acids is 1. The van der Waals surface area contributed by atoms with E-state index in [4.69, 9.17) is 16.7 Å². The summed E-state index contributed by atoms with van der Waals surface area (Å²) in [4.78, 5) is 15.4. The van der Waals surface area contributed by atoms with Gasteiger partial charge in [-0.15, -0.1) is 0 Å². The molecule has 0 bridgehead atoms. The molecule has 0 spiro atoms. The normalized spacial score (nSPS) is 17.2. The van der Waals surface area contributed by atoms with Gasteiger partial charge in [-0.1, -0.05) is 37.4 Å². The molecule has 1 aliphatic carbocycles. The Morgan fingerprint density at radius 2 is 2.10 bits per heavy atom. The van der Waals surface area contributed by atoms with Gasteiger partial charge in [0.2, 0.25) is 0 Å². The molecule has 1 amide bonds. The van der Waals surface area contributed by atoms with E-state index in [0.717, 1.165) is 71.4 Å². The maximum absolute atomic E-state index is 13.2. The topological polar surface area (TPSA) is 50.2 Å². The molecular weight excluding hydrogens is 384 g/mol. The molecule has 1 aliphatic heterocycles. The van der Waals surface area contributed by atoms with Crippen LogP contribution in [0.2, 0.25) is 5.02 Å². The minimum atomic E-state index is 0.00215. The second kappa shape index (κ2) is 8.02. The molecule has 2 aliphatic rings. The van der Waals surface area contributed by atoms with E-state index in [9.17, 15) is 4.79 Å². The minimum absolute atomic E-state index is 0.00215. The number of benzene rings is 1. The molecule has 5 nitrogen and oxygen atoms in total. The lowest BCUT2D eigenvalue weighted by Crippen LogP contribution is -2.36. The molecule has 1 aromatic carbocycles. The van der Waals surface area contributed by atoms with Crippen molar-refractivity contribution in [3.05, 3.63) is 39.5 Å². The predicted octanol–water partition coefficient (Wildman–Crippen LogP) is 5.08. The SMILES string of the molecule is CCC(CC1CC1)NC(=O)c1c2c(nn1C)N(c1c(C)cc(C)cc1Cl)CCC2. The second-order valence-corrected chi connectivity index (χ2v) is 9.11. The summed E-state index contributed by atoms with van der Waals surface area (Å²) >= 11 is 6.63. The van der Waals surface area contributed by atoms with Crippen molar-refractivity contribution < 1.29 is 4.79 Å². The number of aryl methyl sites for hydroxylation is 3. The van der Waals surface area contributed by atoms with Gasteiger partial charge in [0.25, 0.3) is 5.91 Å². The molecule has 156 valence electrons. The molecule has 0 saturated heterocycles. The van der Waals surface area contributed by atoms with Crippen molar-refractivity contribution in [3.63, 3.8) is 0 Å². The molecule has 2 heterocycles. The zero-order valence-corrected chi connectivity index (χ0v) is 18.6. The number of rotatable bonds is 6. The molecule has 2 aromatic rings. The summed E-state index contributed by atoms with van der Waals surface area (Å²) in [6, 6.07) is 4.39. The highest BCUT2D eigenvalue weighted by Gasteiger charge is 2.32. The van der Waals surface area contributed by atoms with Gasteiger partial charge in [-0.25, -0.2) is 0 Å². The van der Waals surface area contributed by atoms with Gasteiger partial charge in [-0.3, -0.25) is 9.48 Å². The van der Waals surface area contributed by atoms with E-state index >= 15 is 0 Å². The third-order valence-electron chi connectivity index (χ3n) is 6.21. The Bertz CT molecular complexity index is 908. The highest BCUT2D eigenvalue weighted by Crippen LogP contribution is 2.40. The fourth-order valence-corrected chi connectivity index (χ4v) is 5.03. The Kier molecular flexibility index (Phi) is 5.60. The fraction of sp³-hybridized carbons (Fsp3) is 0.565. The van der Waals surface area contributed by atoms with E-state index in [1.165, 1.54) is 12.8 Å². The van der Waals surface area contributed by atoms with Gasteiger partial charge in [0, 0.05) is 25.2 Å². The van der Waals surface area contributed by atoms with Crippen LogP contribution in [0, 0.1) is 19.8 Å². The third-order valence-corrected chi connectivity index (χ3v) is 6.50. The quantitative estimate of drug-likeness (QED) is 0.716. The van der Waals surface area contributed by atoms with Crippen LogP contribution in [0.3, 0.4) is 0 Å². The number of amides is 1. The molecule has 1 saturated carbocycles. The highest BCUT2D eigenvalue weighted by atomic mass is 35.5. The minimum Gasteiger partial charge on any atom is -0.348 e. The van der Waals surface area contributed by atoms with E-state index in [1.807, 2.05) is 13.1 Å². The van der Waals surface area contributed by atoms with Gasteiger partial charge >= 0.3 is 0 Å². The van der Waals surface area contributed by atoms with Gasteiger partial charge in [0.15, 0.2) is 5.82 Å². The molecule has 0 radical (unpaired) electrons. The van der Waals surface area contributed by atoms with Gasteiger partial charge < -0.3 is 10.2 Å². The van der Waals surface area contributed by atoms with Crippen LogP contribution in [-0.4, -0.2) is 28.3 Å². The lowest BCUT2D eigenvalue weighted by Gasteiger charge is -2.30. The molecule has 1 aromatic heterocycles. The third kappa shape index (κ3) is 4.02. The molecular formula is C23H31ClN4O. The number of anilines is 2. The Morgan fingerprint density at radius 3 is 2.76 bits per heavy atom. The summed E-state index contributed by atoms with van der Waals surface area (Å²) in [5.41, 5.74) is 5.02. The number of hydrogen-bond acceptors (Lipinski definition) is 3. The number of fused-ring (bicyclic) bond motifs is 1. The summed E-state index contributed by atoms with van der Waals surface area (Å²) < 4.78 is 1.75. The Hall–Kier alpha value is -2.01. The largest absolute Gasteiger partial charge is 0.348 e. The van der Waals surface area contributed by atoms with Gasteiger partial charge in [-0.05, 0) is 62.6 Å². The number of aromatic nitrogens is 2. The van der Waals surface area contributed by atoms with Crippen molar-refractivity contribution in [2.45, 2.75) is 65.3 Å². The van der Waals surface area contributed by atoms with E-state index in [0.29, 0.717) is 5.69 Å². The average molecular weight is 415 g/mol. The number of nitrogens with one attached hydrogen (secondary N) is 1. The van der Waals surface area contributed by atoms with Gasteiger partial charge in [0.1, 0.15) is 5.69 Å². The standard InChI is InChI=1S/C23H31ClN4O/c1-5-17(13-16-8-9-16)25-23(29)21-18-7-6-10-28(22(18)26-27(21)4)20-15(3)11-14(2)12-19(20)24/h11-12,16-17H,5-10,13H2,1-4H3,(H,25,29). The number of nitrogens with zero attached hydrogens (tertiary/aromatic N) is 3. The lowest BCUT2D eigenvalue weighted by molar-refractivity contribution is 0.0922. The van der Waals surface area contributed by atoms with Crippen molar-refractivity contribution in [2.24, 2.45) is 13.0 Å². The predicted molar refractivity (Wildman–Crippen MR) is 118 cm³/mol. The molecule has 1 fully saturated rings. The molecule has 1 N–H and O–H groups in total. The summed E-state index contributed by atoms with van der Waals surface area (Å²) in [6.07, 6.45) is 6.50. The van der Waals surface area contributed by atoms with Crippen LogP contribution < -0.4 is 10.2 Å². The van der Waals surface area contributed by atoms with Crippen molar-refractivity contribution in [1.29, 1.82) is 0 Å². The Balaban J connectivity index is 1.66. The number of carbonyl (C=O) groups is 1. The number of halogens is 1. The van der Waals surface area contributed by atoms with E-state index in [-0.39, 0.29) is 11.9 Å². The first-order chi connectivity index (χ1) is 13.9. The zero-order chi connectivity index (χ0) is 20.7. The molecule has 1 unspecified atom stereocenters. The van der Waals surface area contributed by atoms with Crippen LogP contribution in [0.25, 0.3) is 0 Å². The van der Waals surface area contributed by atoms with Crippen LogP contribution in [0.4, 0.5) is 11.5 Å². The second-order valence-electron chi connectivity index (χ2n) is 8.70. The molecule has 29 heavy (non-hydrogen) atoms. The molecule has 6 heteroatoms. The average Bonchev–Trinajstić information content (AvgIpc) is 3.40. The Labute approximate surface area is 178 Å². The maximum Gasteiger partial charge on any atom is 0.270 e. The van der Waals surface area contributed by atoms with Gasteiger partial charge in [-0.2, -0.15) is 5.10 Å². The van der Waals surface area contributed by atoms with Gasteiger partial charge in [0.05, 0.1) is 10.7 Å². The van der Waals surface area contributed by atoms with Crippen molar-refractivity contribution in [2.75, 3.05) is 11.4 Å². The first-order valence-corrected chi connectivity index (χ1v) is 11.2. The first kappa shape index (κ1) is 20.3. The lowest BCUT2D eigenvalue weighted by atomic mass is 10.0. The molecule has 1 atom stereocenters. The van der Waals surface area contributed by atoms with Crippen LogP contribution in [0.1, 0.15) is 66.2 Å². The summed E-state index contributed by atoms with van der Waals surface area (Å²) in [5.74, 6) is 1.66. The van der Waals surface area contributed by atoms with E-state index in [1.54, 1.807) is 4.68 Å². The Morgan fingerprint density at radius 1 is 1.34 bits per heavy atom. The first-order valence-electron chi connectivity index (χ1n) is 10.8. The monoisotopic (exact) mass is 414 g/mol. The summed E-state index contributed by atoms with van der Waals surface area (Å²) in [7, 11) is 1.87. The highest BCUT2D eigenvalue weighted by molar-refractivity contribution is 6.33. The van der Waals surface area contributed by atoms with E-state index in [2.05, 4.69) is 37.1 Å². The van der Waals surface area contributed by atoms with Crippen molar-refractivity contribution in [3.8, 4) is 0 Å².